The molecule has 0 unspecified atom stereocenters. The summed E-state index contributed by atoms with van der Waals surface area (Å²) in [5.41, 5.74) is 9.10. The van der Waals surface area contributed by atoms with Crippen molar-refractivity contribution in [3.63, 3.8) is 0 Å². The fraction of sp³-hybridized carbons (Fsp3) is 0.562. The van der Waals surface area contributed by atoms with Crippen molar-refractivity contribution < 1.29 is 4.79 Å². The van der Waals surface area contributed by atoms with Gasteiger partial charge in [0.1, 0.15) is 0 Å². The van der Waals surface area contributed by atoms with Crippen LogP contribution in [0, 0.1) is 0 Å². The Balaban J connectivity index is 1.94. The molecule has 0 spiro atoms. The molecule has 0 atom stereocenters. The molecule has 1 amide bonds. The summed E-state index contributed by atoms with van der Waals surface area (Å²) < 4.78 is 0. The van der Waals surface area contributed by atoms with Gasteiger partial charge in [-0.05, 0) is 49.9 Å². The molecule has 2 rings (SSSR count). The molecule has 0 fully saturated rings. The van der Waals surface area contributed by atoms with E-state index in [-0.39, 0.29) is 11.4 Å². The third kappa shape index (κ3) is 3.73. The van der Waals surface area contributed by atoms with E-state index in [4.69, 9.17) is 5.73 Å². The van der Waals surface area contributed by atoms with Gasteiger partial charge in [0, 0.05) is 24.3 Å². The van der Waals surface area contributed by atoms with Crippen LogP contribution in [-0.2, 0) is 17.8 Å². The lowest BCUT2D eigenvalue weighted by molar-refractivity contribution is -0.124. The Labute approximate surface area is 121 Å². The number of benzene rings is 1. The molecule has 4 nitrogen and oxygen atoms in total. The van der Waals surface area contributed by atoms with E-state index in [2.05, 4.69) is 37.1 Å². The molecule has 1 aromatic carbocycles. The van der Waals surface area contributed by atoms with E-state index in [9.17, 15) is 4.79 Å². The number of nitrogens with zero attached hydrogens (tertiary/aromatic N) is 1. The van der Waals surface area contributed by atoms with Crippen LogP contribution in [-0.4, -0.2) is 29.4 Å². The molecule has 20 heavy (non-hydrogen) atoms. The number of nitrogens with one attached hydrogen (secondary N) is 1. The Kier molecular flexibility index (Phi) is 4.33. The highest BCUT2D eigenvalue weighted by Gasteiger charge is 2.22. The number of anilines is 1. The Morgan fingerprint density at radius 1 is 1.40 bits per heavy atom. The smallest absolute Gasteiger partial charge is 0.234 e. The van der Waals surface area contributed by atoms with Gasteiger partial charge < -0.3 is 11.1 Å². The largest absolute Gasteiger partial charge is 0.399 e. The molecule has 0 radical (unpaired) electrons. The number of carbonyl (C=O) groups is 1. The molecule has 0 bridgehead atoms. The monoisotopic (exact) mass is 275 g/mol. The van der Waals surface area contributed by atoms with Crippen LogP contribution < -0.4 is 11.1 Å². The Morgan fingerprint density at radius 3 is 2.85 bits per heavy atom. The first-order valence-corrected chi connectivity index (χ1v) is 7.30. The second-order valence-electron chi connectivity index (χ2n) is 6.27. The summed E-state index contributed by atoms with van der Waals surface area (Å²) in [6, 6.07) is 6.07. The zero-order valence-corrected chi connectivity index (χ0v) is 12.7. The summed E-state index contributed by atoms with van der Waals surface area (Å²) in [5.74, 6) is 0.101. The molecule has 1 aliphatic heterocycles. The van der Waals surface area contributed by atoms with Crippen molar-refractivity contribution in [3.8, 4) is 0 Å². The first-order chi connectivity index (χ1) is 9.39. The third-order valence-corrected chi connectivity index (χ3v) is 4.05. The van der Waals surface area contributed by atoms with E-state index in [1.807, 2.05) is 12.1 Å². The summed E-state index contributed by atoms with van der Waals surface area (Å²) in [4.78, 5) is 14.3. The highest BCUT2D eigenvalue weighted by Crippen LogP contribution is 2.21. The summed E-state index contributed by atoms with van der Waals surface area (Å²) in [6.07, 6.45) is 1.91. The zero-order valence-electron chi connectivity index (χ0n) is 12.7. The number of amides is 1. The minimum Gasteiger partial charge on any atom is -0.399 e. The van der Waals surface area contributed by atoms with Crippen LogP contribution in [0.25, 0.3) is 0 Å². The Morgan fingerprint density at radius 2 is 2.15 bits per heavy atom. The van der Waals surface area contributed by atoms with Crippen LogP contribution in [0.4, 0.5) is 5.69 Å². The van der Waals surface area contributed by atoms with Crippen molar-refractivity contribution in [1.82, 2.24) is 10.2 Å². The van der Waals surface area contributed by atoms with Gasteiger partial charge in [-0.1, -0.05) is 13.0 Å². The van der Waals surface area contributed by atoms with E-state index >= 15 is 0 Å². The van der Waals surface area contributed by atoms with E-state index in [1.54, 1.807) is 0 Å². The second kappa shape index (κ2) is 5.83. The van der Waals surface area contributed by atoms with Gasteiger partial charge in [0.15, 0.2) is 0 Å². The molecule has 0 aromatic heterocycles. The molecule has 1 aliphatic rings. The number of nitrogens with two attached hydrogens (primary N) is 1. The van der Waals surface area contributed by atoms with Crippen LogP contribution in [0.15, 0.2) is 18.2 Å². The minimum atomic E-state index is -0.130. The molecule has 0 saturated carbocycles. The first-order valence-electron chi connectivity index (χ1n) is 7.30. The van der Waals surface area contributed by atoms with Crippen LogP contribution in [0.1, 0.15) is 38.3 Å². The highest BCUT2D eigenvalue weighted by molar-refractivity contribution is 5.78. The Hall–Kier alpha value is -1.55. The molecule has 1 heterocycles. The van der Waals surface area contributed by atoms with Crippen LogP contribution in [0.3, 0.4) is 0 Å². The molecular weight excluding hydrogens is 250 g/mol. The van der Waals surface area contributed by atoms with Crippen molar-refractivity contribution in [2.75, 3.05) is 18.8 Å². The fourth-order valence-electron chi connectivity index (χ4n) is 2.48. The van der Waals surface area contributed by atoms with Crippen molar-refractivity contribution in [1.29, 1.82) is 0 Å². The lowest BCUT2D eigenvalue weighted by atomic mass is 9.99. The maximum absolute atomic E-state index is 12.1. The van der Waals surface area contributed by atoms with E-state index in [1.165, 1.54) is 11.1 Å². The third-order valence-electron chi connectivity index (χ3n) is 4.05. The summed E-state index contributed by atoms with van der Waals surface area (Å²) >= 11 is 0. The molecule has 3 N–H and O–H groups in total. The van der Waals surface area contributed by atoms with Gasteiger partial charge in [-0.2, -0.15) is 0 Å². The lowest BCUT2D eigenvalue weighted by Gasteiger charge is -2.30. The van der Waals surface area contributed by atoms with E-state index in [0.717, 1.165) is 31.6 Å². The van der Waals surface area contributed by atoms with Gasteiger partial charge in [-0.15, -0.1) is 0 Å². The number of rotatable bonds is 4. The average Bonchev–Trinajstić information content (AvgIpc) is 2.37. The first kappa shape index (κ1) is 14.9. The van der Waals surface area contributed by atoms with Crippen molar-refractivity contribution >= 4 is 11.6 Å². The number of hydrogen-bond donors (Lipinski definition) is 2. The van der Waals surface area contributed by atoms with Crippen LogP contribution in [0.5, 0.6) is 0 Å². The highest BCUT2D eigenvalue weighted by atomic mass is 16.2. The Bertz CT molecular complexity index is 496. The molecule has 4 heteroatoms. The van der Waals surface area contributed by atoms with Gasteiger partial charge in [-0.25, -0.2) is 0 Å². The maximum atomic E-state index is 12.1. The van der Waals surface area contributed by atoms with Crippen LogP contribution in [0.2, 0.25) is 0 Å². The summed E-state index contributed by atoms with van der Waals surface area (Å²) in [6.45, 7) is 8.38. The van der Waals surface area contributed by atoms with E-state index in [0.29, 0.717) is 6.54 Å². The maximum Gasteiger partial charge on any atom is 0.234 e. The van der Waals surface area contributed by atoms with Crippen molar-refractivity contribution in [2.45, 2.75) is 45.7 Å². The van der Waals surface area contributed by atoms with Crippen molar-refractivity contribution in [2.24, 2.45) is 0 Å². The quantitative estimate of drug-likeness (QED) is 0.826. The summed E-state index contributed by atoms with van der Waals surface area (Å²) in [5, 5.41) is 3.08. The number of fused-ring (bicyclic) bond motifs is 1. The molecule has 1 aromatic rings. The number of carbonyl (C=O) groups excluding carboxylic acids is 1. The van der Waals surface area contributed by atoms with Crippen molar-refractivity contribution in [3.05, 3.63) is 29.3 Å². The zero-order chi connectivity index (χ0) is 14.8. The predicted molar refractivity (Wildman–Crippen MR) is 82.3 cm³/mol. The van der Waals surface area contributed by atoms with E-state index < -0.39 is 0 Å². The number of hydrogen-bond acceptors (Lipinski definition) is 3. The van der Waals surface area contributed by atoms with Gasteiger partial charge in [0.05, 0.1) is 6.54 Å². The summed E-state index contributed by atoms with van der Waals surface area (Å²) in [7, 11) is 0. The molecule has 110 valence electrons. The SMILES string of the molecule is CCC(C)(C)NC(=O)CN1CCc2ccc(N)cc2C1. The van der Waals surface area contributed by atoms with Crippen LogP contribution >= 0.6 is 0 Å². The average molecular weight is 275 g/mol. The van der Waals surface area contributed by atoms with Gasteiger partial charge in [0.25, 0.3) is 0 Å². The normalized spacial score (nSPS) is 15.8. The fourth-order valence-corrected chi connectivity index (χ4v) is 2.48. The van der Waals surface area contributed by atoms with Gasteiger partial charge >= 0.3 is 0 Å². The van der Waals surface area contributed by atoms with Gasteiger partial charge in [0.2, 0.25) is 5.91 Å². The molecule has 0 saturated heterocycles. The topological polar surface area (TPSA) is 58.4 Å². The predicted octanol–water partition coefficient (Wildman–Crippen LogP) is 1.93. The minimum absolute atomic E-state index is 0.101. The molecule has 0 aliphatic carbocycles. The standard InChI is InChI=1S/C16H25N3O/c1-4-16(2,3)18-15(20)11-19-8-7-12-5-6-14(17)9-13(12)10-19/h5-6,9H,4,7-8,10-11,17H2,1-3H3,(H,18,20). The number of nitrogen functional groups attached to an aromatic ring is 1. The second-order valence-corrected chi connectivity index (χ2v) is 6.27. The lowest BCUT2D eigenvalue weighted by Crippen LogP contribution is -2.48. The molecular formula is C16H25N3O. The van der Waals surface area contributed by atoms with Gasteiger partial charge in [-0.3, -0.25) is 9.69 Å².